The van der Waals surface area contributed by atoms with E-state index in [0.717, 1.165) is 12.8 Å². The second-order valence-electron chi connectivity index (χ2n) is 5.87. The van der Waals surface area contributed by atoms with E-state index in [2.05, 4.69) is 30.8 Å². The highest BCUT2D eigenvalue weighted by Gasteiger charge is 2.22. The van der Waals surface area contributed by atoms with E-state index in [1.807, 2.05) is 13.8 Å². The van der Waals surface area contributed by atoms with Gasteiger partial charge in [-0.05, 0) is 32.1 Å². The second kappa shape index (κ2) is 6.12. The summed E-state index contributed by atoms with van der Waals surface area (Å²) in [6, 6.07) is 0. The quantitative estimate of drug-likeness (QED) is 0.753. The molecule has 0 saturated heterocycles. The minimum atomic E-state index is -0.347. The van der Waals surface area contributed by atoms with Gasteiger partial charge >= 0.3 is 6.09 Å². The van der Waals surface area contributed by atoms with Crippen molar-refractivity contribution >= 4 is 6.09 Å². The van der Waals surface area contributed by atoms with E-state index < -0.39 is 0 Å². The SMILES string of the molecule is CCC(C)(C)CCCC(C)(C)NC(=O)OC. The van der Waals surface area contributed by atoms with E-state index >= 15 is 0 Å². The molecule has 0 radical (unpaired) electrons. The first kappa shape index (κ1) is 15.3. The molecule has 0 aliphatic heterocycles. The number of ether oxygens (including phenoxy) is 1. The predicted octanol–water partition coefficient (Wildman–Crippen LogP) is 3.73. The van der Waals surface area contributed by atoms with Gasteiger partial charge in [0.2, 0.25) is 0 Å². The van der Waals surface area contributed by atoms with Crippen molar-refractivity contribution in [2.24, 2.45) is 5.41 Å². The van der Waals surface area contributed by atoms with Gasteiger partial charge in [0.1, 0.15) is 0 Å². The van der Waals surface area contributed by atoms with E-state index in [-0.39, 0.29) is 11.6 Å². The molecule has 0 fully saturated rings. The maximum atomic E-state index is 11.1. The molecule has 16 heavy (non-hydrogen) atoms. The summed E-state index contributed by atoms with van der Waals surface area (Å²) in [4.78, 5) is 11.1. The lowest BCUT2D eigenvalue weighted by atomic mass is 9.83. The van der Waals surface area contributed by atoms with Crippen LogP contribution in [0.1, 0.15) is 60.3 Å². The molecular formula is C13H27NO2. The number of rotatable bonds is 6. The average Bonchev–Trinajstić information content (AvgIpc) is 2.16. The van der Waals surface area contributed by atoms with Crippen LogP contribution in [0.3, 0.4) is 0 Å². The summed E-state index contributed by atoms with van der Waals surface area (Å²) < 4.78 is 4.60. The molecule has 0 aromatic rings. The lowest BCUT2D eigenvalue weighted by Gasteiger charge is -2.28. The van der Waals surface area contributed by atoms with Crippen LogP contribution in [0.5, 0.6) is 0 Å². The molecule has 0 saturated carbocycles. The van der Waals surface area contributed by atoms with Crippen LogP contribution in [0.15, 0.2) is 0 Å². The third-order valence-electron chi connectivity index (χ3n) is 3.24. The van der Waals surface area contributed by atoms with E-state index in [1.54, 1.807) is 0 Å². The van der Waals surface area contributed by atoms with Crippen LogP contribution >= 0.6 is 0 Å². The monoisotopic (exact) mass is 229 g/mol. The third-order valence-corrected chi connectivity index (χ3v) is 3.24. The summed E-state index contributed by atoms with van der Waals surface area (Å²) in [6.07, 6.45) is 4.14. The van der Waals surface area contributed by atoms with Crippen molar-refractivity contribution in [3.8, 4) is 0 Å². The van der Waals surface area contributed by atoms with Crippen molar-refractivity contribution in [1.82, 2.24) is 5.32 Å². The molecular weight excluding hydrogens is 202 g/mol. The molecule has 3 heteroatoms. The molecule has 3 nitrogen and oxygen atoms in total. The van der Waals surface area contributed by atoms with Crippen molar-refractivity contribution in [3.63, 3.8) is 0 Å². The Bertz CT molecular complexity index is 222. The Morgan fingerprint density at radius 1 is 1.19 bits per heavy atom. The zero-order valence-electron chi connectivity index (χ0n) is 11.6. The van der Waals surface area contributed by atoms with Crippen LogP contribution < -0.4 is 5.32 Å². The second-order valence-corrected chi connectivity index (χ2v) is 5.87. The Hall–Kier alpha value is -0.730. The van der Waals surface area contributed by atoms with Crippen molar-refractivity contribution in [2.75, 3.05) is 7.11 Å². The van der Waals surface area contributed by atoms with E-state index in [4.69, 9.17) is 0 Å². The number of amides is 1. The Labute approximate surface area is 99.9 Å². The summed E-state index contributed by atoms with van der Waals surface area (Å²) in [5.41, 5.74) is 0.220. The number of nitrogens with one attached hydrogen (secondary N) is 1. The molecule has 0 heterocycles. The van der Waals surface area contributed by atoms with E-state index in [9.17, 15) is 4.79 Å². The Morgan fingerprint density at radius 2 is 1.75 bits per heavy atom. The van der Waals surface area contributed by atoms with Crippen molar-refractivity contribution in [3.05, 3.63) is 0 Å². The van der Waals surface area contributed by atoms with Gasteiger partial charge in [0.15, 0.2) is 0 Å². The Balaban J connectivity index is 3.95. The largest absolute Gasteiger partial charge is 0.453 e. The van der Waals surface area contributed by atoms with Crippen LogP contribution in [0, 0.1) is 5.41 Å². The average molecular weight is 229 g/mol. The summed E-state index contributed by atoms with van der Waals surface area (Å²) in [5, 5.41) is 2.85. The third kappa shape index (κ3) is 6.70. The molecule has 0 aromatic carbocycles. The maximum absolute atomic E-state index is 11.1. The summed E-state index contributed by atoms with van der Waals surface area (Å²) in [7, 11) is 1.39. The fourth-order valence-corrected chi connectivity index (χ4v) is 1.58. The minimum Gasteiger partial charge on any atom is -0.453 e. The van der Waals surface area contributed by atoms with Gasteiger partial charge in [0, 0.05) is 5.54 Å². The van der Waals surface area contributed by atoms with E-state index in [0.29, 0.717) is 5.41 Å². The van der Waals surface area contributed by atoms with Crippen molar-refractivity contribution < 1.29 is 9.53 Å². The van der Waals surface area contributed by atoms with Crippen LogP contribution in [0.2, 0.25) is 0 Å². The van der Waals surface area contributed by atoms with Gasteiger partial charge < -0.3 is 10.1 Å². The topological polar surface area (TPSA) is 38.3 Å². The first-order chi connectivity index (χ1) is 7.22. The van der Waals surface area contributed by atoms with Gasteiger partial charge in [0.25, 0.3) is 0 Å². The molecule has 0 unspecified atom stereocenters. The smallest absolute Gasteiger partial charge is 0.407 e. The van der Waals surface area contributed by atoms with Gasteiger partial charge in [-0.25, -0.2) is 4.79 Å². The molecule has 0 aromatic heterocycles. The summed E-state index contributed by atoms with van der Waals surface area (Å²) in [6.45, 7) is 10.9. The number of methoxy groups -OCH3 is 1. The summed E-state index contributed by atoms with van der Waals surface area (Å²) in [5.74, 6) is 0. The predicted molar refractivity (Wildman–Crippen MR) is 67.5 cm³/mol. The van der Waals surface area contributed by atoms with Gasteiger partial charge in [-0.3, -0.25) is 0 Å². The number of hydrogen-bond acceptors (Lipinski definition) is 2. The molecule has 1 N–H and O–H groups in total. The molecule has 96 valence electrons. The van der Waals surface area contributed by atoms with Crippen LogP contribution in [-0.2, 0) is 4.74 Å². The number of carbonyl (C=O) groups is 1. The van der Waals surface area contributed by atoms with Crippen LogP contribution in [-0.4, -0.2) is 18.7 Å². The first-order valence-corrected chi connectivity index (χ1v) is 6.08. The van der Waals surface area contributed by atoms with Gasteiger partial charge in [0.05, 0.1) is 7.11 Å². The van der Waals surface area contributed by atoms with Gasteiger partial charge in [-0.2, -0.15) is 0 Å². The molecule has 0 aliphatic carbocycles. The maximum Gasteiger partial charge on any atom is 0.407 e. The fraction of sp³-hybridized carbons (Fsp3) is 0.923. The van der Waals surface area contributed by atoms with Gasteiger partial charge in [-0.15, -0.1) is 0 Å². The van der Waals surface area contributed by atoms with Crippen molar-refractivity contribution in [1.29, 1.82) is 0 Å². The highest BCUT2D eigenvalue weighted by atomic mass is 16.5. The Morgan fingerprint density at radius 3 is 2.19 bits per heavy atom. The molecule has 0 rings (SSSR count). The highest BCUT2D eigenvalue weighted by molar-refractivity contribution is 5.67. The van der Waals surface area contributed by atoms with Crippen LogP contribution in [0.25, 0.3) is 0 Å². The zero-order chi connectivity index (χ0) is 12.8. The van der Waals surface area contributed by atoms with E-state index in [1.165, 1.54) is 20.0 Å². The molecule has 0 aliphatic rings. The molecule has 1 amide bonds. The van der Waals surface area contributed by atoms with Gasteiger partial charge in [-0.1, -0.05) is 33.6 Å². The lowest BCUT2D eigenvalue weighted by Crippen LogP contribution is -2.43. The number of alkyl carbamates (subject to hydrolysis) is 1. The standard InChI is InChI=1S/C13H27NO2/c1-7-12(2,3)9-8-10-13(4,5)14-11(15)16-6/h7-10H2,1-6H3,(H,14,15). The first-order valence-electron chi connectivity index (χ1n) is 6.08. The minimum absolute atomic E-state index is 0.184. The molecule has 0 atom stereocenters. The summed E-state index contributed by atoms with van der Waals surface area (Å²) >= 11 is 0. The fourth-order valence-electron chi connectivity index (χ4n) is 1.58. The Kier molecular flexibility index (Phi) is 5.84. The zero-order valence-corrected chi connectivity index (χ0v) is 11.6. The van der Waals surface area contributed by atoms with Crippen molar-refractivity contribution in [2.45, 2.75) is 65.8 Å². The number of carbonyl (C=O) groups excluding carboxylic acids is 1. The lowest BCUT2D eigenvalue weighted by molar-refractivity contribution is 0.156. The normalized spacial score (nSPS) is 12.4. The number of hydrogen-bond donors (Lipinski definition) is 1. The highest BCUT2D eigenvalue weighted by Crippen LogP contribution is 2.28. The molecule has 0 bridgehead atoms. The van der Waals surface area contributed by atoms with Crippen LogP contribution in [0.4, 0.5) is 4.79 Å². The molecule has 0 spiro atoms.